The van der Waals surface area contributed by atoms with Crippen LogP contribution in [0.2, 0.25) is 0 Å². The number of rotatable bonds is 6. The van der Waals surface area contributed by atoms with E-state index in [0.717, 1.165) is 39.0 Å². The van der Waals surface area contributed by atoms with E-state index in [9.17, 15) is 0 Å². The van der Waals surface area contributed by atoms with Crippen molar-refractivity contribution >= 4 is 60.5 Å². The van der Waals surface area contributed by atoms with Crippen LogP contribution in [0.5, 0.6) is 0 Å². The Morgan fingerprint density at radius 2 is 0.750 bits per heavy atom. The lowest BCUT2D eigenvalue weighted by molar-refractivity contribution is 0.669. The van der Waals surface area contributed by atoms with E-state index in [1.807, 2.05) is 12.1 Å². The molecule has 10 aromatic rings. The highest BCUT2D eigenvalue weighted by molar-refractivity contribution is 6.21. The Bertz CT molecular complexity index is 2830. The van der Waals surface area contributed by atoms with E-state index in [0.29, 0.717) is 0 Å². The fourth-order valence-corrected chi connectivity index (χ4v) is 7.89. The molecule has 0 aliphatic rings. The number of fused-ring (bicyclic) bond motifs is 5. The van der Waals surface area contributed by atoms with Crippen molar-refractivity contribution in [1.29, 1.82) is 0 Å². The largest absolute Gasteiger partial charge is 0.456 e. The van der Waals surface area contributed by atoms with Crippen LogP contribution in [0.3, 0.4) is 0 Å². The first-order valence-electron chi connectivity index (χ1n) is 17.8. The normalized spacial score (nSPS) is 11.5. The minimum Gasteiger partial charge on any atom is -0.456 e. The van der Waals surface area contributed by atoms with Gasteiger partial charge in [-0.1, -0.05) is 146 Å². The molecule has 1 heterocycles. The van der Waals surface area contributed by atoms with Gasteiger partial charge in [-0.2, -0.15) is 0 Å². The fraction of sp³-hybridized carbons (Fsp3) is 0. The molecule has 0 unspecified atom stereocenters. The van der Waals surface area contributed by atoms with E-state index in [1.165, 1.54) is 54.9 Å². The van der Waals surface area contributed by atoms with Crippen LogP contribution in [0.4, 0.5) is 17.1 Å². The minimum atomic E-state index is 0.891. The quantitative estimate of drug-likeness (QED) is 0.165. The van der Waals surface area contributed by atoms with Gasteiger partial charge in [0.15, 0.2) is 0 Å². The molecule has 0 aliphatic carbocycles. The summed E-state index contributed by atoms with van der Waals surface area (Å²) in [5.41, 5.74) is 12.4. The van der Waals surface area contributed by atoms with Crippen LogP contribution in [0.1, 0.15) is 0 Å². The summed E-state index contributed by atoms with van der Waals surface area (Å²) in [6, 6.07) is 71.7. The van der Waals surface area contributed by atoms with Crippen LogP contribution in [0.25, 0.3) is 76.9 Å². The molecule has 2 heteroatoms. The Kier molecular flexibility index (Phi) is 7.18. The molecule has 9 aromatic carbocycles. The number of para-hydroxylation sites is 2. The molecule has 0 amide bonds. The number of hydrogen-bond acceptors (Lipinski definition) is 2. The van der Waals surface area contributed by atoms with E-state index in [1.54, 1.807) is 0 Å². The van der Waals surface area contributed by atoms with Crippen LogP contribution < -0.4 is 4.90 Å². The van der Waals surface area contributed by atoms with Gasteiger partial charge in [0.1, 0.15) is 11.2 Å². The third-order valence-electron chi connectivity index (χ3n) is 10.2. The van der Waals surface area contributed by atoms with Crippen molar-refractivity contribution in [2.45, 2.75) is 0 Å². The van der Waals surface area contributed by atoms with Crippen molar-refractivity contribution < 1.29 is 4.42 Å². The molecule has 52 heavy (non-hydrogen) atoms. The van der Waals surface area contributed by atoms with Gasteiger partial charge in [0.2, 0.25) is 0 Å². The second-order valence-corrected chi connectivity index (χ2v) is 13.3. The summed E-state index contributed by atoms with van der Waals surface area (Å²) >= 11 is 0. The Morgan fingerprint density at radius 3 is 1.42 bits per heavy atom. The van der Waals surface area contributed by atoms with Gasteiger partial charge in [0.25, 0.3) is 0 Å². The lowest BCUT2D eigenvalue weighted by atomic mass is 9.85. The van der Waals surface area contributed by atoms with Crippen molar-refractivity contribution in [3.8, 4) is 33.4 Å². The average molecular weight is 664 g/mol. The van der Waals surface area contributed by atoms with Crippen LogP contribution in [0.15, 0.2) is 205 Å². The van der Waals surface area contributed by atoms with Crippen molar-refractivity contribution in [2.24, 2.45) is 0 Å². The van der Waals surface area contributed by atoms with Crippen LogP contribution in [-0.4, -0.2) is 0 Å². The average Bonchev–Trinajstić information content (AvgIpc) is 3.59. The Labute approximate surface area is 302 Å². The molecular formula is C50H33NO. The highest BCUT2D eigenvalue weighted by Gasteiger charge is 2.19. The van der Waals surface area contributed by atoms with E-state index >= 15 is 0 Å². The first-order chi connectivity index (χ1) is 25.8. The summed E-state index contributed by atoms with van der Waals surface area (Å²) in [5.74, 6) is 0. The maximum Gasteiger partial charge on any atom is 0.135 e. The monoisotopic (exact) mass is 663 g/mol. The summed E-state index contributed by atoms with van der Waals surface area (Å²) < 4.78 is 6.18. The summed E-state index contributed by atoms with van der Waals surface area (Å²) in [4.78, 5) is 2.32. The number of hydrogen-bond donors (Lipinski definition) is 0. The Morgan fingerprint density at radius 1 is 0.269 bits per heavy atom. The fourth-order valence-electron chi connectivity index (χ4n) is 7.89. The Hall–Kier alpha value is -6.90. The number of nitrogens with zero attached hydrogens (tertiary/aromatic N) is 1. The highest BCUT2D eigenvalue weighted by atomic mass is 16.3. The molecule has 2 nitrogen and oxygen atoms in total. The van der Waals surface area contributed by atoms with Crippen LogP contribution in [-0.2, 0) is 0 Å². The number of anilines is 3. The first kappa shape index (κ1) is 30.0. The van der Waals surface area contributed by atoms with Gasteiger partial charge in [-0.25, -0.2) is 0 Å². The van der Waals surface area contributed by atoms with Gasteiger partial charge in [0.05, 0.1) is 0 Å². The van der Waals surface area contributed by atoms with Crippen LogP contribution in [0, 0.1) is 0 Å². The zero-order chi connectivity index (χ0) is 34.4. The predicted molar refractivity (Wildman–Crippen MR) is 220 cm³/mol. The second kappa shape index (κ2) is 12.5. The molecule has 244 valence electrons. The topological polar surface area (TPSA) is 16.4 Å². The third-order valence-corrected chi connectivity index (χ3v) is 10.2. The van der Waals surface area contributed by atoms with Gasteiger partial charge < -0.3 is 9.32 Å². The summed E-state index contributed by atoms with van der Waals surface area (Å²) in [7, 11) is 0. The van der Waals surface area contributed by atoms with Crippen molar-refractivity contribution in [2.75, 3.05) is 4.90 Å². The van der Waals surface area contributed by atoms with Gasteiger partial charge in [-0.3, -0.25) is 0 Å². The number of furan rings is 1. The summed E-state index contributed by atoms with van der Waals surface area (Å²) in [5, 5.41) is 7.21. The lowest BCUT2D eigenvalue weighted by Crippen LogP contribution is -2.09. The maximum atomic E-state index is 6.18. The molecule has 1 aromatic heterocycles. The molecule has 0 saturated heterocycles. The maximum absolute atomic E-state index is 6.18. The SMILES string of the molecule is c1ccc(-c2cccc(-c3c4ccccc4c(-c4ccc(N(c5ccccc5)c5ccc6oc7ccccc7c6c5)cc4)c4ccccc34)c2)cc1. The van der Waals surface area contributed by atoms with Crippen molar-refractivity contribution in [1.82, 2.24) is 0 Å². The predicted octanol–water partition coefficient (Wildman–Crippen LogP) is 14.4. The second-order valence-electron chi connectivity index (χ2n) is 13.3. The van der Waals surface area contributed by atoms with E-state index in [4.69, 9.17) is 4.42 Å². The molecular weight excluding hydrogens is 631 g/mol. The molecule has 0 radical (unpaired) electrons. The third kappa shape index (κ3) is 5.04. The Balaban J connectivity index is 1.13. The van der Waals surface area contributed by atoms with Crippen molar-refractivity contribution in [3.05, 3.63) is 200 Å². The molecule has 0 saturated carbocycles. The summed E-state index contributed by atoms with van der Waals surface area (Å²) in [6.07, 6.45) is 0. The smallest absolute Gasteiger partial charge is 0.135 e. The molecule has 0 N–H and O–H groups in total. The van der Waals surface area contributed by atoms with Crippen LogP contribution >= 0.6 is 0 Å². The highest BCUT2D eigenvalue weighted by Crippen LogP contribution is 2.45. The standard InChI is InChI=1S/C50H33NO/c1-3-14-34(15-4-1)36-16-13-17-37(32-36)50-44-23-9-7-21-42(44)49(43-22-8-10-24-45(43)50)35-26-28-39(29-27-35)51(38-18-5-2-6-19-38)40-30-31-48-46(33-40)41-20-11-12-25-47(41)52-48/h1-33H. The molecule has 10 rings (SSSR count). The molecule has 0 spiro atoms. The van der Waals surface area contributed by atoms with E-state index < -0.39 is 0 Å². The first-order valence-corrected chi connectivity index (χ1v) is 17.8. The van der Waals surface area contributed by atoms with E-state index in [-0.39, 0.29) is 0 Å². The minimum absolute atomic E-state index is 0.891. The zero-order valence-corrected chi connectivity index (χ0v) is 28.4. The van der Waals surface area contributed by atoms with Gasteiger partial charge in [-0.05, 0) is 110 Å². The summed E-state index contributed by atoms with van der Waals surface area (Å²) in [6.45, 7) is 0. The molecule has 0 fully saturated rings. The van der Waals surface area contributed by atoms with Gasteiger partial charge in [-0.15, -0.1) is 0 Å². The number of benzene rings is 9. The zero-order valence-electron chi connectivity index (χ0n) is 28.4. The van der Waals surface area contributed by atoms with Gasteiger partial charge >= 0.3 is 0 Å². The molecule has 0 bridgehead atoms. The van der Waals surface area contributed by atoms with E-state index in [2.05, 4.69) is 193 Å². The lowest BCUT2D eigenvalue weighted by Gasteiger charge is -2.26. The molecule has 0 atom stereocenters. The van der Waals surface area contributed by atoms with Crippen molar-refractivity contribution in [3.63, 3.8) is 0 Å². The van der Waals surface area contributed by atoms with Gasteiger partial charge in [0, 0.05) is 27.8 Å². The molecule has 0 aliphatic heterocycles.